The van der Waals surface area contributed by atoms with Crippen LogP contribution in [0.3, 0.4) is 0 Å². The number of hydrogen-bond acceptors (Lipinski definition) is 3. The van der Waals surface area contributed by atoms with Gasteiger partial charge in [0.25, 0.3) is 0 Å². The Kier molecular flexibility index (Phi) is 2.67. The van der Waals surface area contributed by atoms with E-state index in [4.69, 9.17) is 4.74 Å². The summed E-state index contributed by atoms with van der Waals surface area (Å²) in [7, 11) is 0. The molecule has 0 amide bonds. The molecule has 0 radical (unpaired) electrons. The molecule has 1 fully saturated rings. The molecule has 3 atom stereocenters. The zero-order valence-electron chi connectivity index (χ0n) is 9.23. The van der Waals surface area contributed by atoms with Gasteiger partial charge in [-0.3, -0.25) is 0 Å². The second kappa shape index (κ2) is 4.17. The molecule has 3 nitrogen and oxygen atoms in total. The molecule has 3 rings (SSSR count). The van der Waals surface area contributed by atoms with E-state index in [1.54, 1.807) is 0 Å². The van der Waals surface area contributed by atoms with Crippen molar-refractivity contribution < 1.29 is 9.84 Å². The lowest BCUT2D eigenvalue weighted by molar-refractivity contribution is 0.129. The molecule has 1 aromatic carbocycles. The smallest absolute Gasteiger partial charge is 0.0775 e. The molecule has 1 aliphatic heterocycles. The maximum atomic E-state index is 10.1. The van der Waals surface area contributed by atoms with Gasteiger partial charge in [0, 0.05) is 19.1 Å². The van der Waals surface area contributed by atoms with E-state index < -0.39 is 0 Å². The second-order valence-corrected chi connectivity index (χ2v) is 4.68. The van der Waals surface area contributed by atoms with Gasteiger partial charge in [0.1, 0.15) is 0 Å². The Bertz CT molecular complexity index is 374. The van der Waals surface area contributed by atoms with Gasteiger partial charge in [-0.1, -0.05) is 24.3 Å². The van der Waals surface area contributed by atoms with Gasteiger partial charge >= 0.3 is 0 Å². The quantitative estimate of drug-likeness (QED) is 0.780. The van der Waals surface area contributed by atoms with E-state index in [0.717, 1.165) is 26.1 Å². The third-order valence-corrected chi connectivity index (χ3v) is 3.55. The lowest BCUT2D eigenvalue weighted by atomic mass is 10.1. The predicted molar refractivity (Wildman–Crippen MR) is 61.3 cm³/mol. The standard InChI is InChI=1S/C13H17NO2/c15-12-7-9-3-1-2-4-11(9)13(12)14-10-5-6-16-8-10/h1-4,10,12-15H,5-8H2. The Hall–Kier alpha value is -0.900. The first-order valence-electron chi connectivity index (χ1n) is 5.94. The van der Waals surface area contributed by atoms with Crippen LogP contribution in [0, 0.1) is 0 Å². The number of rotatable bonds is 2. The number of hydrogen-bond donors (Lipinski definition) is 2. The Labute approximate surface area is 95.4 Å². The van der Waals surface area contributed by atoms with Gasteiger partial charge < -0.3 is 15.2 Å². The van der Waals surface area contributed by atoms with Crippen molar-refractivity contribution in [2.45, 2.75) is 31.0 Å². The minimum atomic E-state index is -0.294. The summed E-state index contributed by atoms with van der Waals surface area (Å²) in [5.74, 6) is 0. The van der Waals surface area contributed by atoms with E-state index in [0.29, 0.717) is 6.04 Å². The van der Waals surface area contributed by atoms with Crippen molar-refractivity contribution in [2.24, 2.45) is 0 Å². The van der Waals surface area contributed by atoms with Crippen LogP contribution in [0.1, 0.15) is 23.6 Å². The van der Waals surface area contributed by atoms with Crippen molar-refractivity contribution >= 4 is 0 Å². The van der Waals surface area contributed by atoms with E-state index in [2.05, 4.69) is 17.4 Å². The van der Waals surface area contributed by atoms with Crippen LogP contribution in [-0.4, -0.2) is 30.5 Å². The van der Waals surface area contributed by atoms with E-state index in [9.17, 15) is 5.11 Å². The molecule has 0 saturated carbocycles. The van der Waals surface area contributed by atoms with Crippen molar-refractivity contribution in [2.75, 3.05) is 13.2 Å². The van der Waals surface area contributed by atoms with Crippen molar-refractivity contribution in [1.29, 1.82) is 0 Å². The third-order valence-electron chi connectivity index (χ3n) is 3.55. The van der Waals surface area contributed by atoms with E-state index in [1.807, 2.05) is 12.1 Å². The van der Waals surface area contributed by atoms with Gasteiger partial charge in [-0.2, -0.15) is 0 Å². The van der Waals surface area contributed by atoms with Crippen molar-refractivity contribution in [3.05, 3.63) is 35.4 Å². The highest BCUT2D eigenvalue weighted by atomic mass is 16.5. The highest BCUT2D eigenvalue weighted by Gasteiger charge is 2.32. The van der Waals surface area contributed by atoms with E-state index >= 15 is 0 Å². The average molecular weight is 219 g/mol. The monoisotopic (exact) mass is 219 g/mol. The zero-order valence-corrected chi connectivity index (χ0v) is 9.23. The maximum Gasteiger partial charge on any atom is 0.0775 e. The minimum absolute atomic E-state index is 0.0860. The molecule has 86 valence electrons. The van der Waals surface area contributed by atoms with Crippen LogP contribution in [-0.2, 0) is 11.2 Å². The Balaban J connectivity index is 1.79. The van der Waals surface area contributed by atoms with Gasteiger partial charge in [0.2, 0.25) is 0 Å². The highest BCUT2D eigenvalue weighted by Crippen LogP contribution is 2.32. The van der Waals surface area contributed by atoms with Crippen LogP contribution in [0.5, 0.6) is 0 Å². The number of benzene rings is 1. The molecule has 1 aliphatic carbocycles. The molecule has 2 aliphatic rings. The first-order chi connectivity index (χ1) is 7.84. The van der Waals surface area contributed by atoms with Crippen LogP contribution >= 0.6 is 0 Å². The summed E-state index contributed by atoms with van der Waals surface area (Å²) in [4.78, 5) is 0. The molecule has 0 bridgehead atoms. The average Bonchev–Trinajstić information content (AvgIpc) is 2.89. The zero-order chi connectivity index (χ0) is 11.0. The summed E-state index contributed by atoms with van der Waals surface area (Å²) >= 11 is 0. The largest absolute Gasteiger partial charge is 0.391 e. The molecule has 1 heterocycles. The van der Waals surface area contributed by atoms with Gasteiger partial charge in [-0.15, -0.1) is 0 Å². The molecule has 3 unspecified atom stereocenters. The first kappa shape index (κ1) is 10.3. The number of fused-ring (bicyclic) bond motifs is 1. The Morgan fingerprint density at radius 1 is 1.31 bits per heavy atom. The Morgan fingerprint density at radius 2 is 2.19 bits per heavy atom. The van der Waals surface area contributed by atoms with Crippen LogP contribution in [0.4, 0.5) is 0 Å². The summed E-state index contributed by atoms with van der Waals surface area (Å²) in [5, 5.41) is 13.6. The molecule has 16 heavy (non-hydrogen) atoms. The summed E-state index contributed by atoms with van der Waals surface area (Å²) in [6.07, 6.45) is 1.52. The molecule has 3 heteroatoms. The molecule has 1 aromatic rings. The summed E-state index contributed by atoms with van der Waals surface area (Å²) in [5.41, 5.74) is 2.52. The van der Waals surface area contributed by atoms with Crippen molar-refractivity contribution in [1.82, 2.24) is 5.32 Å². The fourth-order valence-electron chi connectivity index (χ4n) is 2.69. The normalized spacial score (nSPS) is 32.9. The van der Waals surface area contributed by atoms with Crippen LogP contribution in [0.2, 0.25) is 0 Å². The second-order valence-electron chi connectivity index (χ2n) is 4.68. The molecule has 1 saturated heterocycles. The van der Waals surface area contributed by atoms with Gasteiger partial charge in [-0.05, 0) is 17.5 Å². The molecular formula is C13H17NO2. The lowest BCUT2D eigenvalue weighted by Crippen LogP contribution is -2.37. The van der Waals surface area contributed by atoms with Crippen molar-refractivity contribution in [3.63, 3.8) is 0 Å². The van der Waals surface area contributed by atoms with Gasteiger partial charge in [-0.25, -0.2) is 0 Å². The molecule has 0 spiro atoms. The maximum absolute atomic E-state index is 10.1. The fourth-order valence-corrected chi connectivity index (χ4v) is 2.69. The molecular weight excluding hydrogens is 202 g/mol. The van der Waals surface area contributed by atoms with Crippen LogP contribution in [0.25, 0.3) is 0 Å². The van der Waals surface area contributed by atoms with Crippen molar-refractivity contribution in [3.8, 4) is 0 Å². The summed E-state index contributed by atoms with van der Waals surface area (Å²) in [6.45, 7) is 1.60. The SMILES string of the molecule is OC1Cc2ccccc2C1NC1CCOC1. The fraction of sp³-hybridized carbons (Fsp3) is 0.538. The molecule has 0 aromatic heterocycles. The summed E-state index contributed by atoms with van der Waals surface area (Å²) < 4.78 is 5.35. The molecule has 2 N–H and O–H groups in total. The number of nitrogens with one attached hydrogen (secondary N) is 1. The highest BCUT2D eigenvalue weighted by molar-refractivity contribution is 5.36. The Morgan fingerprint density at radius 3 is 3.00 bits per heavy atom. The van der Waals surface area contributed by atoms with Gasteiger partial charge in [0.05, 0.1) is 18.8 Å². The lowest BCUT2D eigenvalue weighted by Gasteiger charge is -2.21. The number of ether oxygens (including phenoxy) is 1. The summed E-state index contributed by atoms with van der Waals surface area (Å²) in [6, 6.07) is 8.77. The van der Waals surface area contributed by atoms with E-state index in [-0.39, 0.29) is 12.1 Å². The number of aliphatic hydroxyl groups is 1. The third kappa shape index (κ3) is 1.75. The number of aliphatic hydroxyl groups excluding tert-OH is 1. The predicted octanol–water partition coefficient (Wildman–Crippen LogP) is 1.02. The van der Waals surface area contributed by atoms with Crippen LogP contribution < -0.4 is 5.32 Å². The van der Waals surface area contributed by atoms with Gasteiger partial charge in [0.15, 0.2) is 0 Å². The van der Waals surface area contributed by atoms with Crippen LogP contribution in [0.15, 0.2) is 24.3 Å². The topological polar surface area (TPSA) is 41.5 Å². The first-order valence-corrected chi connectivity index (χ1v) is 5.94. The van der Waals surface area contributed by atoms with E-state index in [1.165, 1.54) is 11.1 Å². The minimum Gasteiger partial charge on any atom is -0.391 e.